The zero-order valence-electron chi connectivity index (χ0n) is 10.3. The van der Waals surface area contributed by atoms with Gasteiger partial charge in [-0.15, -0.1) is 0 Å². The van der Waals surface area contributed by atoms with Crippen LogP contribution in [0.4, 0.5) is 4.39 Å². The zero-order chi connectivity index (χ0) is 12.3. The van der Waals surface area contributed by atoms with E-state index in [-0.39, 0.29) is 11.9 Å². The monoisotopic (exact) mass is 236 g/mol. The predicted molar refractivity (Wildman–Crippen MR) is 68.2 cm³/mol. The summed E-state index contributed by atoms with van der Waals surface area (Å²) in [6.07, 6.45) is 4.50. The maximum Gasteiger partial charge on any atom is 0.123 e. The molecule has 1 aromatic rings. The highest BCUT2D eigenvalue weighted by atomic mass is 19.1. The summed E-state index contributed by atoms with van der Waals surface area (Å²) in [5.41, 5.74) is 7.03. The molecule has 0 bridgehead atoms. The van der Waals surface area contributed by atoms with Crippen molar-refractivity contribution in [3.05, 3.63) is 35.6 Å². The van der Waals surface area contributed by atoms with Crippen LogP contribution in [0, 0.1) is 5.82 Å². The summed E-state index contributed by atoms with van der Waals surface area (Å²) < 4.78 is 12.8. The van der Waals surface area contributed by atoms with E-state index in [2.05, 4.69) is 12.2 Å². The van der Waals surface area contributed by atoms with Gasteiger partial charge in [0, 0.05) is 18.1 Å². The minimum absolute atomic E-state index is 0.176. The fourth-order valence-corrected chi connectivity index (χ4v) is 2.49. The Labute approximate surface area is 102 Å². The average molecular weight is 236 g/mol. The standard InChI is InChI=1S/C14H21FN2/c1-10(11-2-4-12(15)5-3-11)17-14-8-6-13(16)7-9-14/h2-5,10,13-14,17H,6-9,16H2,1H3. The quantitative estimate of drug-likeness (QED) is 0.847. The first kappa shape index (κ1) is 12.5. The van der Waals surface area contributed by atoms with Gasteiger partial charge in [0.1, 0.15) is 5.82 Å². The molecule has 94 valence electrons. The van der Waals surface area contributed by atoms with Crippen molar-refractivity contribution in [3.8, 4) is 0 Å². The maximum atomic E-state index is 12.8. The van der Waals surface area contributed by atoms with Crippen molar-refractivity contribution in [1.29, 1.82) is 0 Å². The number of halogens is 1. The molecular weight excluding hydrogens is 215 g/mol. The normalized spacial score (nSPS) is 26.8. The first-order valence-electron chi connectivity index (χ1n) is 6.42. The van der Waals surface area contributed by atoms with Crippen LogP contribution in [0.3, 0.4) is 0 Å². The van der Waals surface area contributed by atoms with E-state index in [9.17, 15) is 4.39 Å². The summed E-state index contributed by atoms with van der Waals surface area (Å²) in [5, 5.41) is 3.60. The van der Waals surface area contributed by atoms with Gasteiger partial charge < -0.3 is 11.1 Å². The first-order chi connectivity index (χ1) is 8.15. The van der Waals surface area contributed by atoms with Gasteiger partial charge in [-0.2, -0.15) is 0 Å². The molecule has 0 saturated heterocycles. The van der Waals surface area contributed by atoms with E-state index >= 15 is 0 Å². The van der Waals surface area contributed by atoms with Crippen LogP contribution in [-0.2, 0) is 0 Å². The fraction of sp³-hybridized carbons (Fsp3) is 0.571. The van der Waals surface area contributed by atoms with Crippen molar-refractivity contribution in [2.24, 2.45) is 5.73 Å². The van der Waals surface area contributed by atoms with Crippen LogP contribution >= 0.6 is 0 Å². The lowest BCUT2D eigenvalue weighted by Gasteiger charge is -2.29. The van der Waals surface area contributed by atoms with Crippen LogP contribution in [0.15, 0.2) is 24.3 Å². The van der Waals surface area contributed by atoms with Crippen molar-refractivity contribution < 1.29 is 4.39 Å². The van der Waals surface area contributed by atoms with E-state index in [1.807, 2.05) is 12.1 Å². The number of nitrogens with two attached hydrogens (primary N) is 1. The second-order valence-corrected chi connectivity index (χ2v) is 5.05. The van der Waals surface area contributed by atoms with Crippen molar-refractivity contribution in [3.63, 3.8) is 0 Å². The maximum absolute atomic E-state index is 12.8. The molecule has 1 aliphatic carbocycles. The third-order valence-electron chi connectivity index (χ3n) is 3.63. The van der Waals surface area contributed by atoms with Crippen LogP contribution in [0.5, 0.6) is 0 Å². The predicted octanol–water partition coefficient (Wildman–Crippen LogP) is 2.75. The van der Waals surface area contributed by atoms with Gasteiger partial charge in [0.15, 0.2) is 0 Å². The molecule has 0 heterocycles. The van der Waals surface area contributed by atoms with E-state index in [0.29, 0.717) is 12.1 Å². The molecule has 3 N–H and O–H groups in total. The smallest absolute Gasteiger partial charge is 0.123 e. The molecule has 2 nitrogen and oxygen atoms in total. The molecule has 1 unspecified atom stereocenters. The molecular formula is C14H21FN2. The third-order valence-corrected chi connectivity index (χ3v) is 3.63. The second kappa shape index (κ2) is 5.61. The highest BCUT2D eigenvalue weighted by molar-refractivity contribution is 5.19. The largest absolute Gasteiger partial charge is 0.328 e. The van der Waals surface area contributed by atoms with Gasteiger partial charge in [-0.05, 0) is 50.3 Å². The van der Waals surface area contributed by atoms with Crippen molar-refractivity contribution in [2.45, 2.75) is 50.7 Å². The number of rotatable bonds is 3. The van der Waals surface area contributed by atoms with Gasteiger partial charge in [-0.25, -0.2) is 4.39 Å². The van der Waals surface area contributed by atoms with Crippen LogP contribution in [0.2, 0.25) is 0 Å². The highest BCUT2D eigenvalue weighted by Crippen LogP contribution is 2.21. The zero-order valence-corrected chi connectivity index (χ0v) is 10.3. The Balaban J connectivity index is 1.88. The molecule has 1 saturated carbocycles. The number of nitrogens with one attached hydrogen (secondary N) is 1. The molecule has 0 aromatic heterocycles. The molecule has 0 amide bonds. The summed E-state index contributed by atoms with van der Waals surface area (Å²) in [6.45, 7) is 2.13. The number of hydrogen-bond acceptors (Lipinski definition) is 2. The molecule has 3 heteroatoms. The minimum atomic E-state index is -0.176. The Kier molecular flexibility index (Phi) is 4.13. The summed E-state index contributed by atoms with van der Waals surface area (Å²) >= 11 is 0. The van der Waals surface area contributed by atoms with E-state index in [4.69, 9.17) is 5.73 Å². The minimum Gasteiger partial charge on any atom is -0.328 e. The molecule has 1 aromatic carbocycles. The molecule has 2 rings (SSSR count). The summed E-state index contributed by atoms with van der Waals surface area (Å²) in [7, 11) is 0. The van der Waals surface area contributed by atoms with Gasteiger partial charge in [-0.3, -0.25) is 0 Å². The molecule has 1 atom stereocenters. The molecule has 0 radical (unpaired) electrons. The van der Waals surface area contributed by atoms with Crippen molar-refractivity contribution in [2.75, 3.05) is 0 Å². The van der Waals surface area contributed by atoms with E-state index < -0.39 is 0 Å². The number of benzene rings is 1. The van der Waals surface area contributed by atoms with Crippen LogP contribution < -0.4 is 11.1 Å². The Hall–Kier alpha value is -0.930. The van der Waals surface area contributed by atoms with Gasteiger partial charge >= 0.3 is 0 Å². The molecule has 0 aliphatic heterocycles. The Morgan fingerprint density at radius 1 is 1.18 bits per heavy atom. The topological polar surface area (TPSA) is 38.0 Å². The van der Waals surface area contributed by atoms with Gasteiger partial charge in [0.05, 0.1) is 0 Å². The lowest BCUT2D eigenvalue weighted by molar-refractivity contribution is 0.322. The van der Waals surface area contributed by atoms with Crippen LogP contribution in [0.25, 0.3) is 0 Å². The van der Waals surface area contributed by atoms with E-state index in [1.54, 1.807) is 0 Å². The average Bonchev–Trinajstić information content (AvgIpc) is 2.33. The van der Waals surface area contributed by atoms with Gasteiger partial charge in [-0.1, -0.05) is 12.1 Å². The summed E-state index contributed by atoms with van der Waals surface area (Å²) in [5.74, 6) is -0.176. The van der Waals surface area contributed by atoms with E-state index in [1.165, 1.54) is 12.1 Å². The van der Waals surface area contributed by atoms with Gasteiger partial charge in [0.2, 0.25) is 0 Å². The Morgan fingerprint density at radius 3 is 2.35 bits per heavy atom. The third kappa shape index (κ3) is 3.51. The molecule has 1 aliphatic rings. The van der Waals surface area contributed by atoms with Crippen LogP contribution in [0.1, 0.15) is 44.2 Å². The summed E-state index contributed by atoms with van der Waals surface area (Å²) in [4.78, 5) is 0. The summed E-state index contributed by atoms with van der Waals surface area (Å²) in [6, 6.07) is 7.94. The van der Waals surface area contributed by atoms with E-state index in [0.717, 1.165) is 31.2 Å². The fourth-order valence-electron chi connectivity index (χ4n) is 2.49. The molecule has 17 heavy (non-hydrogen) atoms. The SMILES string of the molecule is CC(NC1CCC(N)CC1)c1ccc(F)cc1. The highest BCUT2D eigenvalue weighted by Gasteiger charge is 2.20. The van der Waals surface area contributed by atoms with Gasteiger partial charge in [0.25, 0.3) is 0 Å². The lowest BCUT2D eigenvalue weighted by atomic mass is 9.91. The van der Waals surface area contributed by atoms with Crippen LogP contribution in [-0.4, -0.2) is 12.1 Å². The Morgan fingerprint density at radius 2 is 1.76 bits per heavy atom. The Bertz CT molecular complexity index is 342. The lowest BCUT2D eigenvalue weighted by Crippen LogP contribution is -2.38. The van der Waals surface area contributed by atoms with Crippen molar-refractivity contribution >= 4 is 0 Å². The molecule has 1 fully saturated rings. The second-order valence-electron chi connectivity index (χ2n) is 5.05. The number of hydrogen-bond donors (Lipinski definition) is 2. The van der Waals surface area contributed by atoms with Crippen molar-refractivity contribution in [1.82, 2.24) is 5.32 Å². The molecule has 0 spiro atoms. The first-order valence-corrected chi connectivity index (χ1v) is 6.42.